The van der Waals surface area contributed by atoms with Crippen LogP contribution in [0.15, 0.2) is 29.6 Å². The highest BCUT2D eigenvalue weighted by Gasteiger charge is 2.01. The average molecular weight is 206 g/mol. The zero-order valence-corrected chi connectivity index (χ0v) is 8.89. The van der Waals surface area contributed by atoms with Crippen LogP contribution in [-0.4, -0.2) is 11.7 Å². The topological polar surface area (TPSA) is 20.2 Å². The van der Waals surface area contributed by atoms with Gasteiger partial charge in [0.15, 0.2) is 0 Å². The molecule has 0 spiro atoms. The minimum Gasteiger partial charge on any atom is -0.396 e. The summed E-state index contributed by atoms with van der Waals surface area (Å²) in [7, 11) is 0. The molecule has 1 N–H and O–H groups in total. The van der Waals surface area contributed by atoms with Gasteiger partial charge in [0.25, 0.3) is 0 Å². The number of unbranched alkanes of at least 4 members (excludes halogenated alkanes) is 1. The Hall–Kier alpha value is -0.860. The number of benzene rings is 1. The molecule has 0 radical (unpaired) electrons. The lowest BCUT2D eigenvalue weighted by Gasteiger charge is -1.97. The van der Waals surface area contributed by atoms with Crippen LogP contribution >= 0.6 is 11.3 Å². The van der Waals surface area contributed by atoms with E-state index in [9.17, 15) is 0 Å². The summed E-state index contributed by atoms with van der Waals surface area (Å²) in [5.74, 6) is 0. The van der Waals surface area contributed by atoms with Crippen LogP contribution < -0.4 is 0 Å². The van der Waals surface area contributed by atoms with Gasteiger partial charge >= 0.3 is 0 Å². The van der Waals surface area contributed by atoms with E-state index in [2.05, 4.69) is 29.6 Å². The van der Waals surface area contributed by atoms with Gasteiger partial charge < -0.3 is 5.11 Å². The van der Waals surface area contributed by atoms with Crippen molar-refractivity contribution in [3.8, 4) is 0 Å². The van der Waals surface area contributed by atoms with E-state index in [0.29, 0.717) is 6.61 Å². The summed E-state index contributed by atoms with van der Waals surface area (Å²) in [6.07, 6.45) is 3.08. The van der Waals surface area contributed by atoms with Gasteiger partial charge in [0, 0.05) is 11.3 Å². The number of aliphatic hydroxyl groups is 1. The lowest BCUT2D eigenvalue weighted by atomic mass is 10.1. The third-order valence-electron chi connectivity index (χ3n) is 2.42. The smallest absolute Gasteiger partial charge is 0.0431 e. The standard InChI is InChI=1S/C12H14OS/c13-8-4-3-5-10-9-14-12-7-2-1-6-11(10)12/h1-2,6-7,9,13H,3-5,8H2. The van der Waals surface area contributed by atoms with Crippen molar-refractivity contribution in [2.24, 2.45) is 0 Å². The van der Waals surface area contributed by atoms with Gasteiger partial charge in [-0.15, -0.1) is 11.3 Å². The molecular formula is C12H14OS. The van der Waals surface area contributed by atoms with Gasteiger partial charge in [0.2, 0.25) is 0 Å². The normalized spacial score (nSPS) is 10.9. The van der Waals surface area contributed by atoms with E-state index >= 15 is 0 Å². The van der Waals surface area contributed by atoms with E-state index in [-0.39, 0.29) is 0 Å². The molecule has 1 nitrogen and oxygen atoms in total. The van der Waals surface area contributed by atoms with Gasteiger partial charge in [-0.1, -0.05) is 18.2 Å². The SMILES string of the molecule is OCCCCc1csc2ccccc12. The highest BCUT2D eigenvalue weighted by Crippen LogP contribution is 2.26. The van der Waals surface area contributed by atoms with Gasteiger partial charge in [-0.3, -0.25) is 0 Å². The van der Waals surface area contributed by atoms with Crippen LogP contribution in [0.4, 0.5) is 0 Å². The number of rotatable bonds is 4. The Morgan fingerprint density at radius 3 is 2.86 bits per heavy atom. The summed E-state index contributed by atoms with van der Waals surface area (Å²) in [4.78, 5) is 0. The maximum absolute atomic E-state index is 8.71. The molecule has 14 heavy (non-hydrogen) atoms. The van der Waals surface area contributed by atoms with Crippen LogP contribution in [0.1, 0.15) is 18.4 Å². The fourth-order valence-corrected chi connectivity index (χ4v) is 2.65. The minimum atomic E-state index is 0.308. The molecule has 1 aromatic carbocycles. The first kappa shape index (κ1) is 9.69. The van der Waals surface area contributed by atoms with Crippen molar-refractivity contribution < 1.29 is 5.11 Å². The summed E-state index contributed by atoms with van der Waals surface area (Å²) in [5.41, 5.74) is 1.43. The number of fused-ring (bicyclic) bond motifs is 1. The third-order valence-corrected chi connectivity index (χ3v) is 3.43. The molecule has 0 aliphatic rings. The number of thiophene rings is 1. The van der Waals surface area contributed by atoms with Crippen molar-refractivity contribution in [2.45, 2.75) is 19.3 Å². The molecule has 1 aromatic heterocycles. The summed E-state index contributed by atoms with van der Waals surface area (Å²) < 4.78 is 1.37. The first-order valence-corrected chi connectivity index (χ1v) is 5.86. The van der Waals surface area contributed by atoms with Gasteiger partial charge in [0.05, 0.1) is 0 Å². The van der Waals surface area contributed by atoms with E-state index < -0.39 is 0 Å². The summed E-state index contributed by atoms with van der Waals surface area (Å²) in [6.45, 7) is 0.308. The molecule has 0 saturated heterocycles. The molecule has 0 aliphatic carbocycles. The van der Waals surface area contributed by atoms with E-state index in [1.54, 1.807) is 0 Å². The van der Waals surface area contributed by atoms with Crippen LogP contribution in [0.25, 0.3) is 10.1 Å². The molecular weight excluding hydrogens is 192 g/mol. The predicted molar refractivity (Wildman–Crippen MR) is 61.8 cm³/mol. The predicted octanol–water partition coefficient (Wildman–Crippen LogP) is 3.22. The maximum Gasteiger partial charge on any atom is 0.0431 e. The van der Waals surface area contributed by atoms with Crippen molar-refractivity contribution in [3.05, 3.63) is 35.2 Å². The van der Waals surface area contributed by atoms with E-state index in [1.807, 2.05) is 11.3 Å². The van der Waals surface area contributed by atoms with Crippen molar-refractivity contribution in [1.29, 1.82) is 0 Å². The Morgan fingerprint density at radius 2 is 2.00 bits per heavy atom. The van der Waals surface area contributed by atoms with Crippen molar-refractivity contribution in [3.63, 3.8) is 0 Å². The molecule has 0 fully saturated rings. The van der Waals surface area contributed by atoms with Crippen molar-refractivity contribution >= 4 is 21.4 Å². The zero-order valence-electron chi connectivity index (χ0n) is 8.07. The van der Waals surface area contributed by atoms with Crippen LogP contribution in [0.3, 0.4) is 0 Å². The van der Waals surface area contributed by atoms with Crippen molar-refractivity contribution in [2.75, 3.05) is 6.61 Å². The van der Waals surface area contributed by atoms with Crippen LogP contribution in [0.5, 0.6) is 0 Å². The molecule has 0 bridgehead atoms. The maximum atomic E-state index is 8.71. The Kier molecular flexibility index (Phi) is 3.17. The first-order chi connectivity index (χ1) is 6.92. The Balaban J connectivity index is 2.17. The van der Waals surface area contributed by atoms with Crippen molar-refractivity contribution in [1.82, 2.24) is 0 Å². The van der Waals surface area contributed by atoms with Gasteiger partial charge in [-0.05, 0) is 41.7 Å². The lowest BCUT2D eigenvalue weighted by Crippen LogP contribution is -1.86. The summed E-state index contributed by atoms with van der Waals surface area (Å²) in [6, 6.07) is 8.51. The molecule has 0 saturated carbocycles. The number of hydrogen-bond donors (Lipinski definition) is 1. The molecule has 0 unspecified atom stereocenters. The van der Waals surface area contributed by atoms with Gasteiger partial charge in [0.1, 0.15) is 0 Å². The van der Waals surface area contributed by atoms with E-state index in [4.69, 9.17) is 5.11 Å². The van der Waals surface area contributed by atoms with Gasteiger partial charge in [-0.25, -0.2) is 0 Å². The quantitative estimate of drug-likeness (QED) is 0.761. The first-order valence-electron chi connectivity index (χ1n) is 4.98. The molecule has 0 aliphatic heterocycles. The fraction of sp³-hybridized carbons (Fsp3) is 0.333. The molecule has 2 rings (SSSR count). The second-order valence-corrected chi connectivity index (χ2v) is 4.35. The Morgan fingerprint density at radius 1 is 1.14 bits per heavy atom. The number of aliphatic hydroxyl groups excluding tert-OH is 1. The monoisotopic (exact) mass is 206 g/mol. The van der Waals surface area contributed by atoms with Crippen LogP contribution in [0, 0.1) is 0 Å². The second-order valence-electron chi connectivity index (χ2n) is 3.44. The fourth-order valence-electron chi connectivity index (χ4n) is 1.65. The molecule has 2 heteroatoms. The molecule has 1 heterocycles. The van der Waals surface area contributed by atoms with Gasteiger partial charge in [-0.2, -0.15) is 0 Å². The molecule has 0 atom stereocenters. The molecule has 0 amide bonds. The minimum absolute atomic E-state index is 0.308. The summed E-state index contributed by atoms with van der Waals surface area (Å²) >= 11 is 1.81. The zero-order chi connectivity index (χ0) is 9.80. The largest absolute Gasteiger partial charge is 0.396 e. The third kappa shape index (κ3) is 1.97. The molecule has 2 aromatic rings. The van der Waals surface area contributed by atoms with Crippen LogP contribution in [0.2, 0.25) is 0 Å². The average Bonchev–Trinajstić information content (AvgIpc) is 2.63. The molecule has 74 valence electrons. The Labute approximate surface area is 88.0 Å². The highest BCUT2D eigenvalue weighted by atomic mass is 32.1. The Bertz CT molecular complexity index is 405. The van der Waals surface area contributed by atoms with Crippen LogP contribution in [-0.2, 0) is 6.42 Å². The number of aryl methyl sites for hydroxylation is 1. The van der Waals surface area contributed by atoms with E-state index in [1.165, 1.54) is 15.6 Å². The lowest BCUT2D eigenvalue weighted by molar-refractivity contribution is 0.285. The van der Waals surface area contributed by atoms with E-state index in [0.717, 1.165) is 19.3 Å². The summed E-state index contributed by atoms with van der Waals surface area (Å²) in [5, 5.41) is 12.3. The second kappa shape index (κ2) is 4.58. The number of hydrogen-bond acceptors (Lipinski definition) is 2. The highest BCUT2D eigenvalue weighted by molar-refractivity contribution is 7.17.